The predicted octanol–water partition coefficient (Wildman–Crippen LogP) is 2.28. The number of ether oxygens (including phenoxy) is 1. The van der Waals surface area contributed by atoms with Crippen molar-refractivity contribution in [3.8, 4) is 0 Å². The molecule has 1 rings (SSSR count). The van der Waals surface area contributed by atoms with Crippen molar-refractivity contribution in [1.29, 1.82) is 0 Å². The summed E-state index contributed by atoms with van der Waals surface area (Å²) < 4.78 is 5.03. The minimum atomic E-state index is 0.217. The molecule has 4 heteroatoms. The zero-order chi connectivity index (χ0) is 12.9. The maximum absolute atomic E-state index is 5.81. The van der Waals surface area contributed by atoms with Crippen LogP contribution in [0.25, 0.3) is 0 Å². The van der Waals surface area contributed by atoms with Gasteiger partial charge in [-0.3, -0.25) is 0 Å². The molecule has 0 saturated heterocycles. The fourth-order valence-corrected chi connectivity index (χ4v) is 2.73. The Morgan fingerprint density at radius 1 is 1.41 bits per heavy atom. The fourth-order valence-electron chi connectivity index (χ4n) is 1.58. The summed E-state index contributed by atoms with van der Waals surface area (Å²) in [6, 6.07) is 4.63. The van der Waals surface area contributed by atoms with Gasteiger partial charge in [0, 0.05) is 30.0 Å². The summed E-state index contributed by atoms with van der Waals surface area (Å²) in [5.41, 5.74) is 6.03. The molecule has 0 spiro atoms. The normalized spacial score (nSPS) is 13.9. The van der Waals surface area contributed by atoms with Gasteiger partial charge in [0.15, 0.2) is 0 Å². The molecule has 0 aliphatic heterocycles. The molecule has 0 aromatic carbocycles. The lowest BCUT2D eigenvalue weighted by atomic mass is 9.95. The Hall–Kier alpha value is -0.420. The number of methoxy groups -OCH3 is 1. The average molecular weight is 256 g/mol. The molecule has 0 saturated carbocycles. The first kappa shape index (κ1) is 14.6. The summed E-state index contributed by atoms with van der Waals surface area (Å²) in [6.07, 6.45) is 0. The Morgan fingerprint density at radius 3 is 2.59 bits per heavy atom. The SMILES string of the molecule is COCCNC(CN)c1ccc(C(C)(C)C)s1. The number of nitrogens with two attached hydrogens (primary N) is 1. The quantitative estimate of drug-likeness (QED) is 0.768. The highest BCUT2D eigenvalue weighted by atomic mass is 32.1. The van der Waals surface area contributed by atoms with Gasteiger partial charge in [-0.15, -0.1) is 11.3 Å². The summed E-state index contributed by atoms with van der Waals surface area (Å²) in [5.74, 6) is 0. The van der Waals surface area contributed by atoms with E-state index in [0.29, 0.717) is 13.2 Å². The molecule has 0 amide bonds. The van der Waals surface area contributed by atoms with Crippen LogP contribution in [0.2, 0.25) is 0 Å². The molecule has 0 aliphatic rings. The summed E-state index contributed by atoms with van der Waals surface area (Å²) in [7, 11) is 1.71. The molecule has 98 valence electrons. The molecule has 0 fully saturated rings. The van der Waals surface area contributed by atoms with Crippen LogP contribution in [0.15, 0.2) is 12.1 Å². The second-order valence-electron chi connectivity index (χ2n) is 5.19. The van der Waals surface area contributed by atoms with E-state index in [1.807, 2.05) is 11.3 Å². The topological polar surface area (TPSA) is 47.3 Å². The van der Waals surface area contributed by atoms with Crippen LogP contribution in [-0.4, -0.2) is 26.8 Å². The van der Waals surface area contributed by atoms with E-state index in [9.17, 15) is 0 Å². The molecule has 0 bridgehead atoms. The van der Waals surface area contributed by atoms with Crippen molar-refractivity contribution in [2.45, 2.75) is 32.2 Å². The van der Waals surface area contributed by atoms with Crippen LogP contribution in [-0.2, 0) is 10.2 Å². The molecule has 1 atom stereocenters. The number of hydrogen-bond acceptors (Lipinski definition) is 4. The number of hydrogen-bond donors (Lipinski definition) is 2. The number of rotatable bonds is 6. The smallest absolute Gasteiger partial charge is 0.0587 e. The Labute approximate surface area is 108 Å². The Morgan fingerprint density at radius 2 is 2.12 bits per heavy atom. The molecule has 3 nitrogen and oxygen atoms in total. The van der Waals surface area contributed by atoms with Crippen molar-refractivity contribution in [2.75, 3.05) is 26.8 Å². The van der Waals surface area contributed by atoms with Gasteiger partial charge in [0.25, 0.3) is 0 Å². The van der Waals surface area contributed by atoms with E-state index in [1.54, 1.807) is 7.11 Å². The summed E-state index contributed by atoms with van der Waals surface area (Å²) in [6.45, 7) is 8.87. The summed E-state index contributed by atoms with van der Waals surface area (Å²) in [5, 5.41) is 3.41. The van der Waals surface area contributed by atoms with Gasteiger partial charge in [-0.25, -0.2) is 0 Å². The van der Waals surface area contributed by atoms with Gasteiger partial charge in [-0.1, -0.05) is 20.8 Å². The lowest BCUT2D eigenvalue weighted by molar-refractivity contribution is 0.196. The molecule has 17 heavy (non-hydrogen) atoms. The van der Waals surface area contributed by atoms with Crippen LogP contribution < -0.4 is 11.1 Å². The molecular weight excluding hydrogens is 232 g/mol. The number of nitrogens with one attached hydrogen (secondary N) is 1. The second kappa shape index (κ2) is 6.50. The van der Waals surface area contributed by atoms with Crippen LogP contribution in [0.1, 0.15) is 36.6 Å². The van der Waals surface area contributed by atoms with Gasteiger partial charge in [0.1, 0.15) is 0 Å². The Kier molecular flexibility index (Phi) is 5.59. The molecule has 1 heterocycles. The van der Waals surface area contributed by atoms with Gasteiger partial charge in [-0.2, -0.15) is 0 Å². The van der Waals surface area contributed by atoms with E-state index in [0.717, 1.165) is 6.54 Å². The highest BCUT2D eigenvalue weighted by molar-refractivity contribution is 7.12. The first-order chi connectivity index (χ1) is 7.99. The molecular formula is C13H24N2OS. The van der Waals surface area contributed by atoms with Crippen LogP contribution in [0.4, 0.5) is 0 Å². The molecule has 1 unspecified atom stereocenters. The Balaban J connectivity index is 2.66. The van der Waals surface area contributed by atoms with E-state index < -0.39 is 0 Å². The van der Waals surface area contributed by atoms with Gasteiger partial charge >= 0.3 is 0 Å². The van der Waals surface area contributed by atoms with Crippen molar-refractivity contribution in [3.63, 3.8) is 0 Å². The predicted molar refractivity (Wildman–Crippen MR) is 74.7 cm³/mol. The van der Waals surface area contributed by atoms with E-state index in [-0.39, 0.29) is 11.5 Å². The lowest BCUT2D eigenvalue weighted by Crippen LogP contribution is -2.30. The van der Waals surface area contributed by atoms with Crippen LogP contribution in [0, 0.1) is 0 Å². The van der Waals surface area contributed by atoms with Gasteiger partial charge in [0.05, 0.1) is 12.6 Å². The van der Waals surface area contributed by atoms with Crippen molar-refractivity contribution in [3.05, 3.63) is 21.9 Å². The minimum absolute atomic E-state index is 0.217. The van der Waals surface area contributed by atoms with Crippen molar-refractivity contribution in [2.24, 2.45) is 5.73 Å². The van der Waals surface area contributed by atoms with E-state index in [4.69, 9.17) is 10.5 Å². The molecule has 1 aromatic rings. The lowest BCUT2D eigenvalue weighted by Gasteiger charge is -2.17. The highest BCUT2D eigenvalue weighted by Crippen LogP contribution is 2.31. The monoisotopic (exact) mass is 256 g/mol. The maximum Gasteiger partial charge on any atom is 0.0587 e. The standard InChI is InChI=1S/C13H24N2OS/c1-13(2,3)12-6-5-11(17-12)10(9-14)15-7-8-16-4/h5-6,10,15H,7-9,14H2,1-4H3. The van der Waals surface area contributed by atoms with Crippen molar-refractivity contribution < 1.29 is 4.74 Å². The highest BCUT2D eigenvalue weighted by Gasteiger charge is 2.18. The maximum atomic E-state index is 5.81. The first-order valence-corrected chi connectivity index (χ1v) is 6.83. The van der Waals surface area contributed by atoms with Crippen LogP contribution >= 0.6 is 11.3 Å². The van der Waals surface area contributed by atoms with Crippen molar-refractivity contribution >= 4 is 11.3 Å². The van der Waals surface area contributed by atoms with E-state index in [2.05, 4.69) is 38.2 Å². The zero-order valence-electron chi connectivity index (χ0n) is 11.2. The van der Waals surface area contributed by atoms with Gasteiger partial charge in [-0.05, 0) is 17.5 Å². The van der Waals surface area contributed by atoms with E-state index in [1.165, 1.54) is 9.75 Å². The Bertz CT molecular complexity index is 330. The average Bonchev–Trinajstić information content (AvgIpc) is 2.73. The summed E-state index contributed by atoms with van der Waals surface area (Å²) in [4.78, 5) is 2.72. The van der Waals surface area contributed by atoms with Gasteiger partial charge in [0.2, 0.25) is 0 Å². The molecule has 0 radical (unpaired) electrons. The third kappa shape index (κ3) is 4.39. The largest absolute Gasteiger partial charge is 0.383 e. The van der Waals surface area contributed by atoms with Gasteiger partial charge < -0.3 is 15.8 Å². The van der Waals surface area contributed by atoms with Crippen molar-refractivity contribution in [1.82, 2.24) is 5.32 Å². The zero-order valence-corrected chi connectivity index (χ0v) is 12.1. The molecule has 1 aromatic heterocycles. The fraction of sp³-hybridized carbons (Fsp3) is 0.692. The summed E-state index contributed by atoms with van der Waals surface area (Å²) >= 11 is 1.85. The van der Waals surface area contributed by atoms with Crippen LogP contribution in [0.3, 0.4) is 0 Å². The van der Waals surface area contributed by atoms with E-state index >= 15 is 0 Å². The second-order valence-corrected chi connectivity index (χ2v) is 6.30. The molecule has 0 aliphatic carbocycles. The third-order valence-electron chi connectivity index (χ3n) is 2.64. The van der Waals surface area contributed by atoms with Crippen LogP contribution in [0.5, 0.6) is 0 Å². The first-order valence-electron chi connectivity index (χ1n) is 6.01. The molecule has 3 N–H and O–H groups in total. The number of thiophene rings is 1. The minimum Gasteiger partial charge on any atom is -0.383 e. The third-order valence-corrected chi connectivity index (χ3v) is 4.27.